The van der Waals surface area contributed by atoms with E-state index >= 15 is 0 Å². The van der Waals surface area contributed by atoms with Gasteiger partial charge in [-0.15, -0.1) is 5.10 Å². The Morgan fingerprint density at radius 1 is 1.19 bits per heavy atom. The Hall–Kier alpha value is -2.80. The normalized spacial score (nSPS) is 24.5. The maximum atomic E-state index is 13.1. The van der Waals surface area contributed by atoms with Crippen LogP contribution in [0.4, 0.5) is 0 Å². The Balaban J connectivity index is 1.48. The van der Waals surface area contributed by atoms with Gasteiger partial charge in [0.2, 0.25) is 0 Å². The molecule has 27 heavy (non-hydrogen) atoms. The van der Waals surface area contributed by atoms with Crippen molar-refractivity contribution in [1.29, 1.82) is 0 Å². The number of carbonyl (C=O) groups excluding carboxylic acids is 1. The van der Waals surface area contributed by atoms with Crippen molar-refractivity contribution in [3.8, 4) is 5.69 Å². The molecule has 2 aromatic heterocycles. The minimum atomic E-state index is -0.0476. The van der Waals surface area contributed by atoms with Crippen LogP contribution in [0.1, 0.15) is 29.0 Å². The Morgan fingerprint density at radius 3 is 2.89 bits per heavy atom. The summed E-state index contributed by atoms with van der Waals surface area (Å²) in [4.78, 5) is 19.4. The molecule has 5 rings (SSSR count). The molecule has 3 aromatic rings. The van der Waals surface area contributed by atoms with Gasteiger partial charge in [0.25, 0.3) is 5.91 Å². The molecule has 0 bridgehead atoms. The SMILES string of the molecule is Cc1c(C(=O)N2CC3CCC(N)C3C2)nnn1-c1cccc2cccnc12. The van der Waals surface area contributed by atoms with Crippen molar-refractivity contribution >= 4 is 16.8 Å². The number of carbonyl (C=O) groups is 1. The Morgan fingerprint density at radius 2 is 2.04 bits per heavy atom. The van der Waals surface area contributed by atoms with Crippen LogP contribution < -0.4 is 5.73 Å². The van der Waals surface area contributed by atoms with E-state index in [1.54, 1.807) is 10.9 Å². The number of nitrogens with zero attached hydrogens (tertiary/aromatic N) is 5. The van der Waals surface area contributed by atoms with Crippen molar-refractivity contribution in [2.24, 2.45) is 17.6 Å². The van der Waals surface area contributed by atoms with Gasteiger partial charge in [0.05, 0.1) is 16.9 Å². The highest BCUT2D eigenvalue weighted by Gasteiger charge is 2.43. The first-order chi connectivity index (χ1) is 13.1. The largest absolute Gasteiger partial charge is 0.337 e. The molecule has 0 radical (unpaired) electrons. The lowest BCUT2D eigenvalue weighted by Gasteiger charge is -2.18. The van der Waals surface area contributed by atoms with Crippen LogP contribution in [-0.4, -0.2) is 49.9 Å². The summed E-state index contributed by atoms with van der Waals surface area (Å²) in [5.41, 5.74) is 9.03. The minimum Gasteiger partial charge on any atom is -0.337 e. The predicted molar refractivity (Wildman–Crippen MR) is 101 cm³/mol. The lowest BCUT2D eigenvalue weighted by molar-refractivity contribution is 0.0773. The molecular formula is C20H22N6O. The quantitative estimate of drug-likeness (QED) is 0.752. The molecule has 1 aromatic carbocycles. The summed E-state index contributed by atoms with van der Waals surface area (Å²) in [6.45, 7) is 3.39. The molecule has 7 nitrogen and oxygen atoms in total. The highest BCUT2D eigenvalue weighted by atomic mass is 16.2. The smallest absolute Gasteiger partial charge is 0.276 e. The molecule has 3 unspecified atom stereocenters. The predicted octanol–water partition coefficient (Wildman–Crippen LogP) is 1.93. The zero-order valence-electron chi connectivity index (χ0n) is 15.2. The maximum Gasteiger partial charge on any atom is 0.276 e. The summed E-state index contributed by atoms with van der Waals surface area (Å²) in [7, 11) is 0. The fraction of sp³-hybridized carbons (Fsp3) is 0.400. The molecule has 1 aliphatic carbocycles. The molecule has 1 amide bonds. The van der Waals surface area contributed by atoms with Gasteiger partial charge in [0.1, 0.15) is 0 Å². The lowest BCUT2D eigenvalue weighted by Crippen LogP contribution is -2.34. The van der Waals surface area contributed by atoms with Crippen molar-refractivity contribution in [1.82, 2.24) is 24.9 Å². The van der Waals surface area contributed by atoms with Gasteiger partial charge in [-0.3, -0.25) is 9.78 Å². The summed E-state index contributed by atoms with van der Waals surface area (Å²) in [5.74, 6) is 0.904. The maximum absolute atomic E-state index is 13.1. The van der Waals surface area contributed by atoms with Crippen molar-refractivity contribution in [3.05, 3.63) is 47.9 Å². The number of aromatic nitrogens is 4. The number of pyridine rings is 1. The Bertz CT molecular complexity index is 1020. The molecular weight excluding hydrogens is 340 g/mol. The standard InChI is InChI=1S/C20H22N6O/c1-12-18(20(27)25-10-14-7-8-16(21)15(14)11-25)23-24-26(12)17-6-2-4-13-5-3-9-22-19(13)17/h2-6,9,14-16H,7-8,10-11,21H2,1H3. The third-order valence-electron chi connectivity index (χ3n) is 6.14. The number of hydrogen-bond acceptors (Lipinski definition) is 5. The van der Waals surface area contributed by atoms with E-state index in [1.807, 2.05) is 42.2 Å². The number of nitrogens with two attached hydrogens (primary N) is 1. The molecule has 138 valence electrons. The van der Waals surface area contributed by atoms with Crippen LogP contribution in [0.3, 0.4) is 0 Å². The molecule has 1 saturated carbocycles. The fourth-order valence-corrected chi connectivity index (χ4v) is 4.64. The molecule has 1 saturated heterocycles. The topological polar surface area (TPSA) is 89.9 Å². The number of para-hydroxylation sites is 1. The summed E-state index contributed by atoms with van der Waals surface area (Å²) in [6, 6.07) is 10.1. The van der Waals surface area contributed by atoms with E-state index in [9.17, 15) is 4.79 Å². The summed E-state index contributed by atoms with van der Waals surface area (Å²) >= 11 is 0. The average molecular weight is 362 g/mol. The molecule has 2 fully saturated rings. The van der Waals surface area contributed by atoms with Crippen LogP contribution in [0.25, 0.3) is 16.6 Å². The van der Waals surface area contributed by atoms with Gasteiger partial charge in [-0.1, -0.05) is 23.4 Å². The highest BCUT2D eigenvalue weighted by Crippen LogP contribution is 2.37. The monoisotopic (exact) mass is 362 g/mol. The Kier molecular flexibility index (Phi) is 3.72. The molecule has 2 N–H and O–H groups in total. The van der Waals surface area contributed by atoms with Crippen LogP contribution in [-0.2, 0) is 0 Å². The highest BCUT2D eigenvalue weighted by molar-refractivity contribution is 5.94. The summed E-state index contributed by atoms with van der Waals surface area (Å²) < 4.78 is 1.71. The number of rotatable bonds is 2. The van der Waals surface area contributed by atoms with Crippen molar-refractivity contribution < 1.29 is 4.79 Å². The van der Waals surface area contributed by atoms with E-state index < -0.39 is 0 Å². The van der Waals surface area contributed by atoms with E-state index in [-0.39, 0.29) is 11.9 Å². The first-order valence-corrected chi connectivity index (χ1v) is 9.45. The number of hydrogen-bond donors (Lipinski definition) is 1. The molecule has 7 heteroatoms. The zero-order chi connectivity index (χ0) is 18.5. The summed E-state index contributed by atoms with van der Waals surface area (Å²) in [6.07, 6.45) is 3.94. The number of benzene rings is 1. The van der Waals surface area contributed by atoms with Gasteiger partial charge in [-0.2, -0.15) is 0 Å². The molecule has 1 aliphatic heterocycles. The van der Waals surface area contributed by atoms with Crippen LogP contribution in [0.5, 0.6) is 0 Å². The first kappa shape index (κ1) is 16.4. The van der Waals surface area contributed by atoms with Gasteiger partial charge in [-0.05, 0) is 43.7 Å². The van der Waals surface area contributed by atoms with E-state index in [2.05, 4.69) is 15.3 Å². The minimum absolute atomic E-state index is 0.0476. The zero-order valence-corrected chi connectivity index (χ0v) is 15.2. The van der Waals surface area contributed by atoms with Gasteiger partial charge < -0.3 is 10.6 Å². The first-order valence-electron chi connectivity index (χ1n) is 9.45. The number of amides is 1. The number of fused-ring (bicyclic) bond motifs is 2. The van der Waals surface area contributed by atoms with E-state index in [0.29, 0.717) is 17.5 Å². The van der Waals surface area contributed by atoms with E-state index in [1.165, 1.54) is 0 Å². The molecule has 2 aliphatic rings. The van der Waals surface area contributed by atoms with Gasteiger partial charge in [0, 0.05) is 30.7 Å². The van der Waals surface area contributed by atoms with E-state index in [4.69, 9.17) is 5.73 Å². The fourth-order valence-electron chi connectivity index (χ4n) is 4.64. The van der Waals surface area contributed by atoms with Crippen LogP contribution in [0, 0.1) is 18.8 Å². The van der Waals surface area contributed by atoms with Crippen molar-refractivity contribution in [2.45, 2.75) is 25.8 Å². The third kappa shape index (κ3) is 2.53. The lowest BCUT2D eigenvalue weighted by atomic mass is 9.98. The second kappa shape index (κ2) is 6.13. The second-order valence-electron chi connectivity index (χ2n) is 7.66. The van der Waals surface area contributed by atoms with Crippen LogP contribution >= 0.6 is 0 Å². The number of likely N-dealkylation sites (tertiary alicyclic amines) is 1. The molecule has 3 heterocycles. The Labute approximate surface area is 157 Å². The van der Waals surface area contributed by atoms with Crippen molar-refractivity contribution in [3.63, 3.8) is 0 Å². The third-order valence-corrected chi connectivity index (χ3v) is 6.14. The van der Waals surface area contributed by atoms with E-state index in [0.717, 1.165) is 48.2 Å². The van der Waals surface area contributed by atoms with Gasteiger partial charge >= 0.3 is 0 Å². The second-order valence-corrected chi connectivity index (χ2v) is 7.66. The van der Waals surface area contributed by atoms with Gasteiger partial charge in [0.15, 0.2) is 5.69 Å². The van der Waals surface area contributed by atoms with Crippen molar-refractivity contribution in [2.75, 3.05) is 13.1 Å². The van der Waals surface area contributed by atoms with Crippen LogP contribution in [0.15, 0.2) is 36.5 Å². The molecule has 0 spiro atoms. The summed E-state index contributed by atoms with van der Waals surface area (Å²) in [5, 5.41) is 9.52. The average Bonchev–Trinajstić information content (AvgIpc) is 3.37. The molecule has 3 atom stereocenters. The van der Waals surface area contributed by atoms with Crippen LogP contribution in [0.2, 0.25) is 0 Å². The van der Waals surface area contributed by atoms with Gasteiger partial charge in [-0.25, -0.2) is 4.68 Å².